The Kier molecular flexibility index (Phi) is 4.51. The molecular formula is C19H24N2O2. The van der Waals surface area contributed by atoms with Crippen LogP contribution in [0.4, 0.5) is 5.69 Å². The highest BCUT2D eigenvalue weighted by Gasteiger charge is 2.26. The molecule has 2 aliphatic rings. The number of nitrogens with zero attached hydrogens (tertiary/aromatic N) is 1. The number of benzene rings is 1. The molecule has 4 nitrogen and oxygen atoms in total. The molecule has 0 atom stereocenters. The van der Waals surface area contributed by atoms with Crippen LogP contribution >= 0.6 is 0 Å². The number of hydrogen-bond donors (Lipinski definition) is 2. The van der Waals surface area contributed by atoms with Crippen molar-refractivity contribution in [3.63, 3.8) is 0 Å². The van der Waals surface area contributed by atoms with E-state index in [2.05, 4.69) is 6.92 Å². The molecule has 0 aliphatic heterocycles. The molecule has 0 bridgehead atoms. The lowest BCUT2D eigenvalue weighted by Gasteiger charge is -2.27. The molecule has 0 saturated heterocycles. The third-order valence-electron chi connectivity index (χ3n) is 4.95. The van der Waals surface area contributed by atoms with E-state index < -0.39 is 0 Å². The van der Waals surface area contributed by atoms with Crippen LogP contribution in [0.2, 0.25) is 0 Å². The third-order valence-corrected chi connectivity index (χ3v) is 4.95. The number of rotatable bonds is 3. The number of ketones is 1. The zero-order valence-electron chi connectivity index (χ0n) is 13.6. The Morgan fingerprint density at radius 1 is 1.17 bits per heavy atom. The normalized spacial score (nSPS) is 25.6. The van der Waals surface area contributed by atoms with Crippen LogP contribution in [0.15, 0.2) is 29.3 Å². The number of anilines is 1. The molecule has 1 aromatic rings. The molecule has 0 radical (unpaired) electrons. The first-order chi connectivity index (χ1) is 11.1. The fourth-order valence-electron chi connectivity index (χ4n) is 3.73. The van der Waals surface area contributed by atoms with E-state index in [0.717, 1.165) is 18.8 Å². The van der Waals surface area contributed by atoms with Crippen LogP contribution in [0.3, 0.4) is 0 Å². The smallest absolute Gasteiger partial charge is 0.188 e. The zero-order chi connectivity index (χ0) is 16.4. The van der Waals surface area contributed by atoms with Crippen molar-refractivity contribution in [3.8, 4) is 5.75 Å². The van der Waals surface area contributed by atoms with Gasteiger partial charge in [-0.05, 0) is 55.9 Å². The lowest BCUT2D eigenvalue weighted by atomic mass is 9.83. The molecule has 0 unspecified atom stereocenters. The fraction of sp³-hybridized carbons (Fsp3) is 0.474. The summed E-state index contributed by atoms with van der Waals surface area (Å²) in [5.74, 6) is 0.737. The largest absolute Gasteiger partial charge is 0.507 e. The lowest BCUT2D eigenvalue weighted by Crippen LogP contribution is -2.21. The minimum atomic E-state index is -0.168. The first-order valence-corrected chi connectivity index (χ1v) is 8.52. The maximum atomic E-state index is 12.1. The van der Waals surface area contributed by atoms with Crippen LogP contribution < -0.4 is 5.73 Å². The molecule has 3 rings (SSSR count). The first kappa shape index (κ1) is 15.8. The van der Waals surface area contributed by atoms with Crippen molar-refractivity contribution >= 4 is 17.2 Å². The van der Waals surface area contributed by atoms with Crippen LogP contribution in [-0.4, -0.2) is 22.6 Å². The maximum absolute atomic E-state index is 12.1. The summed E-state index contributed by atoms with van der Waals surface area (Å²) in [5.41, 5.74) is 7.88. The highest BCUT2D eigenvalue weighted by molar-refractivity contribution is 6.26. The molecule has 23 heavy (non-hydrogen) atoms. The minimum Gasteiger partial charge on any atom is -0.507 e. The van der Waals surface area contributed by atoms with Crippen molar-refractivity contribution in [2.75, 3.05) is 5.73 Å². The summed E-state index contributed by atoms with van der Waals surface area (Å²) in [6.45, 7) is 2.24. The van der Waals surface area contributed by atoms with Gasteiger partial charge in [-0.25, -0.2) is 0 Å². The average Bonchev–Trinajstić information content (AvgIpc) is 2.55. The Balaban J connectivity index is 1.86. The monoisotopic (exact) mass is 312 g/mol. The van der Waals surface area contributed by atoms with Gasteiger partial charge in [0.1, 0.15) is 5.75 Å². The van der Waals surface area contributed by atoms with Crippen LogP contribution in [0.25, 0.3) is 0 Å². The van der Waals surface area contributed by atoms with Gasteiger partial charge in [0.25, 0.3) is 0 Å². The SMILES string of the molecule is CCCC1CCC(N=C2C=CC(=O)c3c(N)ccc(O)c32)CC1. The molecule has 0 amide bonds. The molecule has 0 spiro atoms. The number of hydrogen-bond acceptors (Lipinski definition) is 4. The van der Waals surface area contributed by atoms with Gasteiger partial charge in [0.15, 0.2) is 5.78 Å². The van der Waals surface area contributed by atoms with Gasteiger partial charge < -0.3 is 10.8 Å². The number of nitrogens with two attached hydrogens (primary N) is 1. The van der Waals surface area contributed by atoms with E-state index >= 15 is 0 Å². The molecule has 1 aromatic carbocycles. The molecule has 0 heterocycles. The number of aliphatic imine (C=N–C) groups is 1. The molecule has 1 saturated carbocycles. The van der Waals surface area contributed by atoms with Crippen molar-refractivity contribution in [1.29, 1.82) is 0 Å². The maximum Gasteiger partial charge on any atom is 0.188 e. The second-order valence-corrected chi connectivity index (χ2v) is 6.60. The van der Waals surface area contributed by atoms with Crippen LogP contribution in [0.1, 0.15) is 61.4 Å². The standard InChI is InChI=1S/C19H24N2O2/c1-2-3-12-4-6-13(7-5-12)21-15-9-11-16(22)18-14(20)8-10-17(23)19(15)18/h8-13,23H,2-7,20H2,1H3. The van der Waals surface area contributed by atoms with Gasteiger partial charge in [0, 0.05) is 5.69 Å². The summed E-state index contributed by atoms with van der Waals surface area (Å²) in [4.78, 5) is 16.9. The highest BCUT2D eigenvalue weighted by atomic mass is 16.3. The van der Waals surface area contributed by atoms with Gasteiger partial charge in [-0.2, -0.15) is 0 Å². The van der Waals surface area contributed by atoms with Gasteiger partial charge in [0.2, 0.25) is 0 Å². The summed E-state index contributed by atoms with van der Waals surface area (Å²) in [5, 5.41) is 10.2. The quantitative estimate of drug-likeness (QED) is 0.657. The second kappa shape index (κ2) is 6.57. The molecule has 2 aliphatic carbocycles. The van der Waals surface area contributed by atoms with E-state index in [4.69, 9.17) is 10.7 Å². The molecule has 4 heteroatoms. The predicted molar refractivity (Wildman–Crippen MR) is 93.2 cm³/mol. The summed E-state index contributed by atoms with van der Waals surface area (Å²) < 4.78 is 0. The summed E-state index contributed by atoms with van der Waals surface area (Å²) in [6.07, 6.45) is 10.3. The Morgan fingerprint density at radius 2 is 1.91 bits per heavy atom. The summed E-state index contributed by atoms with van der Waals surface area (Å²) in [6, 6.07) is 3.37. The number of aromatic hydroxyl groups is 1. The van der Waals surface area contributed by atoms with Crippen molar-refractivity contribution in [2.24, 2.45) is 10.9 Å². The van der Waals surface area contributed by atoms with E-state index in [1.807, 2.05) is 0 Å². The van der Waals surface area contributed by atoms with Gasteiger partial charge >= 0.3 is 0 Å². The van der Waals surface area contributed by atoms with Crippen molar-refractivity contribution in [2.45, 2.75) is 51.5 Å². The van der Waals surface area contributed by atoms with Crippen LogP contribution in [0, 0.1) is 5.92 Å². The van der Waals surface area contributed by atoms with E-state index in [0.29, 0.717) is 22.5 Å². The summed E-state index contributed by atoms with van der Waals surface area (Å²) in [7, 11) is 0. The number of phenolic OH excluding ortho intramolecular Hbond substituents is 1. The highest BCUT2D eigenvalue weighted by Crippen LogP contribution is 2.33. The number of nitrogen functional groups attached to an aromatic ring is 1. The van der Waals surface area contributed by atoms with E-state index in [1.54, 1.807) is 12.1 Å². The van der Waals surface area contributed by atoms with Gasteiger partial charge in [-0.3, -0.25) is 9.79 Å². The number of carbonyl (C=O) groups is 1. The number of allylic oxidation sites excluding steroid dienone is 2. The zero-order valence-corrected chi connectivity index (χ0v) is 13.6. The fourth-order valence-corrected chi connectivity index (χ4v) is 3.73. The lowest BCUT2D eigenvalue weighted by molar-refractivity contribution is 0.104. The molecule has 122 valence electrons. The van der Waals surface area contributed by atoms with E-state index in [-0.39, 0.29) is 17.6 Å². The number of fused-ring (bicyclic) bond motifs is 1. The van der Waals surface area contributed by atoms with Gasteiger partial charge in [-0.15, -0.1) is 0 Å². The van der Waals surface area contributed by atoms with Gasteiger partial charge in [0.05, 0.1) is 22.9 Å². The first-order valence-electron chi connectivity index (χ1n) is 8.52. The predicted octanol–water partition coefficient (Wildman–Crippen LogP) is 3.87. The topological polar surface area (TPSA) is 75.7 Å². The Hall–Kier alpha value is -2.10. The van der Waals surface area contributed by atoms with E-state index in [9.17, 15) is 9.90 Å². The summed E-state index contributed by atoms with van der Waals surface area (Å²) >= 11 is 0. The van der Waals surface area contributed by atoms with Crippen molar-refractivity contribution in [1.82, 2.24) is 0 Å². The number of phenols is 1. The van der Waals surface area contributed by atoms with Crippen LogP contribution in [0.5, 0.6) is 5.75 Å². The minimum absolute atomic E-state index is 0.0744. The molecular weight excluding hydrogens is 288 g/mol. The molecule has 1 fully saturated rings. The van der Waals surface area contributed by atoms with Crippen LogP contribution in [-0.2, 0) is 0 Å². The Morgan fingerprint density at radius 3 is 2.61 bits per heavy atom. The average molecular weight is 312 g/mol. The molecule has 0 aromatic heterocycles. The number of carbonyl (C=O) groups excluding carboxylic acids is 1. The van der Waals surface area contributed by atoms with Crippen molar-refractivity contribution < 1.29 is 9.90 Å². The molecule has 3 N–H and O–H groups in total. The van der Waals surface area contributed by atoms with Gasteiger partial charge in [-0.1, -0.05) is 19.8 Å². The Bertz CT molecular complexity index is 668. The second-order valence-electron chi connectivity index (χ2n) is 6.60. The Labute approximate surface area is 137 Å². The third kappa shape index (κ3) is 3.16. The van der Waals surface area contributed by atoms with E-state index in [1.165, 1.54) is 37.8 Å². The van der Waals surface area contributed by atoms with Crippen molar-refractivity contribution in [3.05, 3.63) is 35.4 Å².